The van der Waals surface area contributed by atoms with E-state index in [-0.39, 0.29) is 17.3 Å². The van der Waals surface area contributed by atoms with Crippen molar-refractivity contribution in [1.82, 2.24) is 10.2 Å². The number of ether oxygens (including phenoxy) is 1. The predicted octanol–water partition coefficient (Wildman–Crippen LogP) is 3.64. The molecule has 0 radical (unpaired) electrons. The first-order valence-corrected chi connectivity index (χ1v) is 9.57. The van der Waals surface area contributed by atoms with E-state index in [4.69, 9.17) is 4.74 Å². The zero-order chi connectivity index (χ0) is 20.1. The van der Waals surface area contributed by atoms with E-state index in [0.717, 1.165) is 30.1 Å². The molecule has 1 saturated heterocycles. The number of anilines is 1. The molecular weight excluding hydrogens is 357 g/mol. The van der Waals surface area contributed by atoms with Gasteiger partial charge in [-0.1, -0.05) is 38.1 Å². The van der Waals surface area contributed by atoms with E-state index in [0.29, 0.717) is 19.6 Å². The van der Waals surface area contributed by atoms with Crippen molar-refractivity contribution in [3.05, 3.63) is 59.9 Å². The molecule has 2 aromatic carbocycles. The Bertz CT molecular complexity index is 800. The molecule has 0 bridgehead atoms. The summed E-state index contributed by atoms with van der Waals surface area (Å²) in [6.45, 7) is 7.40. The molecule has 2 aromatic rings. The third-order valence-corrected chi connectivity index (χ3v) is 5.30. The molecule has 0 unspecified atom stereocenters. The van der Waals surface area contributed by atoms with Gasteiger partial charge in [0.05, 0.1) is 12.8 Å². The average Bonchev–Trinajstić information content (AvgIpc) is 2.72. The van der Waals surface area contributed by atoms with Gasteiger partial charge in [-0.15, -0.1) is 0 Å². The third kappa shape index (κ3) is 4.55. The fraction of sp³-hybridized carbons (Fsp3) is 0.409. The van der Waals surface area contributed by atoms with Crippen molar-refractivity contribution in [3.63, 3.8) is 0 Å². The highest BCUT2D eigenvalue weighted by Gasteiger charge is 2.26. The molecule has 1 aliphatic rings. The number of nitrogens with one attached hydrogen (secondary N) is 1. The number of carbonyl (C=O) groups is 1. The molecule has 1 N–H and O–H groups in total. The van der Waals surface area contributed by atoms with Gasteiger partial charge in [0.2, 0.25) is 0 Å². The molecule has 1 aliphatic heterocycles. The summed E-state index contributed by atoms with van der Waals surface area (Å²) in [5.74, 6) is 0.595. The van der Waals surface area contributed by atoms with E-state index in [1.807, 2.05) is 43.0 Å². The summed E-state index contributed by atoms with van der Waals surface area (Å²) < 4.78 is 18.6. The van der Waals surface area contributed by atoms with Gasteiger partial charge in [-0.25, -0.2) is 9.18 Å². The van der Waals surface area contributed by atoms with E-state index >= 15 is 0 Å². The highest BCUT2D eigenvalue weighted by molar-refractivity contribution is 5.75. The van der Waals surface area contributed by atoms with Crippen molar-refractivity contribution in [2.45, 2.75) is 19.3 Å². The maximum absolute atomic E-state index is 13.1. The number of hydrogen-bond donors (Lipinski definition) is 1. The van der Waals surface area contributed by atoms with Crippen LogP contribution >= 0.6 is 0 Å². The van der Waals surface area contributed by atoms with Crippen LogP contribution in [0.2, 0.25) is 0 Å². The molecule has 0 aromatic heterocycles. The van der Waals surface area contributed by atoms with Crippen LogP contribution in [0.15, 0.2) is 48.5 Å². The first-order valence-electron chi connectivity index (χ1n) is 9.57. The lowest BCUT2D eigenvalue weighted by Gasteiger charge is -2.37. The lowest BCUT2D eigenvalue weighted by molar-refractivity contribution is 0.192. The second-order valence-electron chi connectivity index (χ2n) is 7.70. The van der Waals surface area contributed by atoms with Crippen LogP contribution in [0.25, 0.3) is 0 Å². The molecule has 0 aliphatic carbocycles. The minimum atomic E-state index is -0.275. The standard InChI is InChI=1S/C22H28FN3O2/c1-22(2,17-8-10-18(23)11-9-17)16-24-21(27)26-14-12-25(13-15-26)19-6-4-5-7-20(19)28-3/h4-11H,12-16H2,1-3H3,(H,24,27). The Hall–Kier alpha value is -2.76. The van der Waals surface area contributed by atoms with Gasteiger partial charge in [0.15, 0.2) is 0 Å². The molecule has 0 atom stereocenters. The predicted molar refractivity (Wildman–Crippen MR) is 110 cm³/mol. The Labute approximate surface area is 166 Å². The van der Waals surface area contributed by atoms with Crippen LogP contribution in [0.4, 0.5) is 14.9 Å². The van der Waals surface area contributed by atoms with E-state index < -0.39 is 0 Å². The Kier molecular flexibility index (Phi) is 6.07. The van der Waals surface area contributed by atoms with Crippen LogP contribution in [0.3, 0.4) is 0 Å². The number of benzene rings is 2. The monoisotopic (exact) mass is 385 g/mol. The molecule has 5 nitrogen and oxygen atoms in total. The number of urea groups is 1. The maximum atomic E-state index is 13.1. The van der Waals surface area contributed by atoms with E-state index in [2.05, 4.69) is 10.2 Å². The topological polar surface area (TPSA) is 44.8 Å². The molecule has 0 spiro atoms. The van der Waals surface area contributed by atoms with E-state index in [1.165, 1.54) is 12.1 Å². The molecule has 0 saturated carbocycles. The summed E-state index contributed by atoms with van der Waals surface area (Å²) in [5, 5.41) is 3.03. The van der Waals surface area contributed by atoms with Crippen LogP contribution < -0.4 is 15.0 Å². The molecular formula is C22H28FN3O2. The van der Waals surface area contributed by atoms with Crippen molar-refractivity contribution in [2.75, 3.05) is 44.7 Å². The summed E-state index contributed by atoms with van der Waals surface area (Å²) in [4.78, 5) is 16.7. The number of para-hydroxylation sites is 2. The lowest BCUT2D eigenvalue weighted by atomic mass is 9.84. The van der Waals surface area contributed by atoms with E-state index in [9.17, 15) is 9.18 Å². The molecule has 28 heavy (non-hydrogen) atoms. The number of rotatable bonds is 5. The van der Waals surface area contributed by atoms with Crippen LogP contribution in [0.1, 0.15) is 19.4 Å². The van der Waals surface area contributed by atoms with Crippen LogP contribution in [-0.2, 0) is 5.41 Å². The smallest absolute Gasteiger partial charge is 0.317 e. The number of nitrogens with zero attached hydrogens (tertiary/aromatic N) is 2. The minimum absolute atomic E-state index is 0.0603. The van der Waals surface area contributed by atoms with Gasteiger partial charge >= 0.3 is 6.03 Å². The number of methoxy groups -OCH3 is 1. The zero-order valence-corrected chi connectivity index (χ0v) is 16.7. The summed E-state index contributed by atoms with van der Waals surface area (Å²) in [5.41, 5.74) is 1.78. The third-order valence-electron chi connectivity index (χ3n) is 5.30. The second kappa shape index (κ2) is 8.50. The zero-order valence-electron chi connectivity index (χ0n) is 16.7. The van der Waals surface area contributed by atoms with Gasteiger partial charge < -0.3 is 19.9 Å². The fourth-order valence-electron chi connectivity index (χ4n) is 3.45. The first kappa shape index (κ1) is 20.0. The van der Waals surface area contributed by atoms with Crippen molar-refractivity contribution < 1.29 is 13.9 Å². The molecule has 2 amide bonds. The Morgan fingerprint density at radius 3 is 2.36 bits per heavy atom. The average molecular weight is 385 g/mol. The largest absolute Gasteiger partial charge is 0.495 e. The number of piperazine rings is 1. The quantitative estimate of drug-likeness (QED) is 0.855. The van der Waals surface area contributed by atoms with Gasteiger partial charge in [-0.2, -0.15) is 0 Å². The summed E-state index contributed by atoms with van der Waals surface area (Å²) in [7, 11) is 1.67. The van der Waals surface area contributed by atoms with Gasteiger partial charge in [-0.05, 0) is 29.8 Å². The highest BCUT2D eigenvalue weighted by atomic mass is 19.1. The Morgan fingerprint density at radius 2 is 1.71 bits per heavy atom. The first-order chi connectivity index (χ1) is 13.4. The summed E-state index contributed by atoms with van der Waals surface area (Å²) in [6.07, 6.45) is 0. The number of hydrogen-bond acceptors (Lipinski definition) is 3. The van der Waals surface area contributed by atoms with Crippen LogP contribution in [-0.4, -0.2) is 50.8 Å². The number of amides is 2. The fourth-order valence-corrected chi connectivity index (χ4v) is 3.45. The minimum Gasteiger partial charge on any atom is -0.495 e. The SMILES string of the molecule is COc1ccccc1N1CCN(C(=O)NCC(C)(C)c2ccc(F)cc2)CC1. The Balaban J connectivity index is 1.53. The molecule has 1 heterocycles. The van der Waals surface area contributed by atoms with Gasteiger partial charge in [-0.3, -0.25) is 0 Å². The van der Waals surface area contributed by atoms with Gasteiger partial charge in [0, 0.05) is 38.1 Å². The molecule has 150 valence electrons. The normalized spacial score (nSPS) is 14.7. The lowest BCUT2D eigenvalue weighted by Crippen LogP contribution is -2.53. The Morgan fingerprint density at radius 1 is 1.07 bits per heavy atom. The molecule has 1 fully saturated rings. The summed E-state index contributed by atoms with van der Waals surface area (Å²) >= 11 is 0. The van der Waals surface area contributed by atoms with Crippen LogP contribution in [0, 0.1) is 5.82 Å². The van der Waals surface area contributed by atoms with Crippen molar-refractivity contribution in [1.29, 1.82) is 0 Å². The highest BCUT2D eigenvalue weighted by Crippen LogP contribution is 2.28. The molecule has 3 rings (SSSR count). The van der Waals surface area contributed by atoms with Crippen molar-refractivity contribution in [2.24, 2.45) is 0 Å². The van der Waals surface area contributed by atoms with Crippen molar-refractivity contribution >= 4 is 11.7 Å². The summed E-state index contributed by atoms with van der Waals surface area (Å²) in [6, 6.07) is 14.3. The van der Waals surface area contributed by atoms with Gasteiger partial charge in [0.1, 0.15) is 11.6 Å². The van der Waals surface area contributed by atoms with Gasteiger partial charge in [0.25, 0.3) is 0 Å². The van der Waals surface area contributed by atoms with E-state index in [1.54, 1.807) is 19.2 Å². The number of halogens is 1. The maximum Gasteiger partial charge on any atom is 0.317 e. The van der Waals surface area contributed by atoms with Crippen LogP contribution in [0.5, 0.6) is 5.75 Å². The second-order valence-corrected chi connectivity index (χ2v) is 7.70. The van der Waals surface area contributed by atoms with Crippen molar-refractivity contribution in [3.8, 4) is 5.75 Å². The molecule has 6 heteroatoms. The number of carbonyl (C=O) groups excluding carboxylic acids is 1.